The first-order valence-electron chi connectivity index (χ1n) is 6.35. The number of pyridine rings is 1. The summed E-state index contributed by atoms with van der Waals surface area (Å²) in [7, 11) is 0. The van der Waals surface area contributed by atoms with Crippen LogP contribution in [0.2, 0.25) is 10.0 Å². The van der Waals surface area contributed by atoms with E-state index in [2.05, 4.69) is 10.3 Å². The van der Waals surface area contributed by atoms with Crippen LogP contribution in [0.1, 0.15) is 5.56 Å². The maximum Gasteiger partial charge on any atom is 0.125 e. The molecule has 0 amide bonds. The molecular weight excluding hydrogens is 310 g/mol. The van der Waals surface area contributed by atoms with E-state index < -0.39 is 0 Å². The van der Waals surface area contributed by atoms with E-state index in [-0.39, 0.29) is 5.82 Å². The zero-order valence-corrected chi connectivity index (χ0v) is 12.4. The zero-order chi connectivity index (χ0) is 14.8. The van der Waals surface area contributed by atoms with Crippen LogP contribution in [0.15, 0.2) is 48.7 Å². The molecule has 0 spiro atoms. The molecule has 5 heteroatoms. The van der Waals surface area contributed by atoms with Crippen molar-refractivity contribution in [2.45, 2.75) is 6.54 Å². The van der Waals surface area contributed by atoms with Crippen LogP contribution in [-0.4, -0.2) is 4.98 Å². The fourth-order valence-electron chi connectivity index (χ4n) is 2.19. The van der Waals surface area contributed by atoms with Gasteiger partial charge in [0, 0.05) is 23.2 Å². The largest absolute Gasteiger partial charge is 0.379 e. The quantitative estimate of drug-likeness (QED) is 0.709. The van der Waals surface area contributed by atoms with E-state index >= 15 is 0 Å². The Morgan fingerprint density at radius 2 is 1.95 bits per heavy atom. The summed E-state index contributed by atoms with van der Waals surface area (Å²) in [5, 5.41) is 5.15. The Balaban J connectivity index is 1.90. The summed E-state index contributed by atoms with van der Waals surface area (Å²) < 4.78 is 13.3. The van der Waals surface area contributed by atoms with Crippen molar-refractivity contribution in [1.29, 1.82) is 0 Å². The molecule has 0 bridgehead atoms. The molecule has 0 aliphatic rings. The number of halogens is 3. The van der Waals surface area contributed by atoms with E-state index in [0.717, 1.165) is 22.2 Å². The van der Waals surface area contributed by atoms with E-state index in [1.54, 1.807) is 12.3 Å². The first kappa shape index (κ1) is 14.1. The average Bonchev–Trinajstić information content (AvgIpc) is 2.46. The SMILES string of the molecule is Fc1cc(Cl)cc(CNc2ccc(Cl)c3cccnc23)c1. The standard InChI is InChI=1S/C16H11Cl2FN2/c17-11-6-10(7-12(19)8-11)9-21-15-4-3-14(18)13-2-1-5-20-16(13)15/h1-8,21H,9H2. The molecule has 21 heavy (non-hydrogen) atoms. The molecule has 0 atom stereocenters. The Bertz CT molecular complexity index is 785. The predicted molar refractivity (Wildman–Crippen MR) is 85.5 cm³/mol. The molecule has 3 rings (SSSR count). The van der Waals surface area contributed by atoms with Gasteiger partial charge in [-0.1, -0.05) is 23.2 Å². The van der Waals surface area contributed by atoms with Crippen LogP contribution in [-0.2, 0) is 6.54 Å². The van der Waals surface area contributed by atoms with Gasteiger partial charge < -0.3 is 5.32 Å². The number of nitrogens with zero attached hydrogens (tertiary/aromatic N) is 1. The summed E-state index contributed by atoms with van der Waals surface area (Å²) >= 11 is 12.0. The van der Waals surface area contributed by atoms with Crippen molar-refractivity contribution >= 4 is 39.8 Å². The van der Waals surface area contributed by atoms with Gasteiger partial charge in [-0.05, 0) is 48.0 Å². The fraction of sp³-hybridized carbons (Fsp3) is 0.0625. The van der Waals surface area contributed by atoms with Gasteiger partial charge in [-0.25, -0.2) is 4.39 Å². The molecule has 1 N–H and O–H groups in total. The van der Waals surface area contributed by atoms with Gasteiger partial charge in [0.05, 0.1) is 16.2 Å². The Kier molecular flexibility index (Phi) is 3.95. The molecule has 0 aliphatic heterocycles. The lowest BCUT2D eigenvalue weighted by Gasteiger charge is -2.10. The molecule has 1 aromatic heterocycles. The highest BCUT2D eigenvalue weighted by atomic mass is 35.5. The van der Waals surface area contributed by atoms with Crippen LogP contribution in [0.4, 0.5) is 10.1 Å². The minimum atomic E-state index is -0.349. The summed E-state index contributed by atoms with van der Waals surface area (Å²) in [4.78, 5) is 4.34. The van der Waals surface area contributed by atoms with E-state index in [0.29, 0.717) is 16.6 Å². The minimum absolute atomic E-state index is 0.349. The van der Waals surface area contributed by atoms with Crippen molar-refractivity contribution in [2.75, 3.05) is 5.32 Å². The van der Waals surface area contributed by atoms with Gasteiger partial charge in [0.25, 0.3) is 0 Å². The molecular formula is C16H11Cl2FN2. The predicted octanol–water partition coefficient (Wildman–Crippen LogP) is 5.29. The molecule has 3 aromatic rings. The number of fused-ring (bicyclic) bond motifs is 1. The first-order chi connectivity index (χ1) is 10.1. The van der Waals surface area contributed by atoms with Gasteiger partial charge in [-0.2, -0.15) is 0 Å². The zero-order valence-electron chi connectivity index (χ0n) is 10.9. The van der Waals surface area contributed by atoms with Crippen molar-refractivity contribution < 1.29 is 4.39 Å². The van der Waals surface area contributed by atoms with E-state index in [4.69, 9.17) is 23.2 Å². The van der Waals surface area contributed by atoms with E-state index in [1.165, 1.54) is 12.1 Å². The third-order valence-corrected chi connectivity index (χ3v) is 3.67. The van der Waals surface area contributed by atoms with Gasteiger partial charge in [0.1, 0.15) is 5.82 Å². The fourth-order valence-corrected chi connectivity index (χ4v) is 2.65. The summed E-state index contributed by atoms with van der Waals surface area (Å²) in [6.07, 6.45) is 1.71. The van der Waals surface area contributed by atoms with Crippen molar-refractivity contribution in [2.24, 2.45) is 0 Å². The van der Waals surface area contributed by atoms with E-state index in [1.807, 2.05) is 24.3 Å². The molecule has 0 radical (unpaired) electrons. The second kappa shape index (κ2) is 5.88. The normalized spacial score (nSPS) is 10.8. The number of hydrogen-bond donors (Lipinski definition) is 1. The Morgan fingerprint density at radius 3 is 2.76 bits per heavy atom. The summed E-state index contributed by atoms with van der Waals surface area (Å²) in [6.45, 7) is 0.449. The number of benzene rings is 2. The summed E-state index contributed by atoms with van der Waals surface area (Å²) in [5.74, 6) is -0.349. The third-order valence-electron chi connectivity index (χ3n) is 3.12. The van der Waals surface area contributed by atoms with Gasteiger partial charge in [0.2, 0.25) is 0 Å². The van der Waals surface area contributed by atoms with Crippen molar-refractivity contribution in [1.82, 2.24) is 4.98 Å². The molecule has 0 saturated heterocycles. The number of aromatic nitrogens is 1. The topological polar surface area (TPSA) is 24.9 Å². The number of anilines is 1. The molecule has 1 heterocycles. The Morgan fingerprint density at radius 1 is 1.10 bits per heavy atom. The maximum absolute atomic E-state index is 13.3. The summed E-state index contributed by atoms with van der Waals surface area (Å²) in [6, 6.07) is 11.9. The van der Waals surface area contributed by atoms with Gasteiger partial charge in [-0.3, -0.25) is 4.98 Å². The van der Waals surface area contributed by atoms with Gasteiger partial charge in [0.15, 0.2) is 0 Å². The maximum atomic E-state index is 13.3. The first-order valence-corrected chi connectivity index (χ1v) is 7.11. The highest BCUT2D eigenvalue weighted by Gasteiger charge is 2.06. The van der Waals surface area contributed by atoms with Gasteiger partial charge >= 0.3 is 0 Å². The van der Waals surface area contributed by atoms with E-state index in [9.17, 15) is 4.39 Å². The lowest BCUT2D eigenvalue weighted by Crippen LogP contribution is -2.01. The summed E-state index contributed by atoms with van der Waals surface area (Å²) in [5.41, 5.74) is 2.39. The van der Waals surface area contributed by atoms with Crippen molar-refractivity contribution in [3.63, 3.8) is 0 Å². The van der Waals surface area contributed by atoms with Crippen LogP contribution < -0.4 is 5.32 Å². The lowest BCUT2D eigenvalue weighted by atomic mass is 10.1. The molecule has 0 fully saturated rings. The number of hydrogen-bond acceptors (Lipinski definition) is 2. The Labute approximate surface area is 131 Å². The molecule has 2 nitrogen and oxygen atoms in total. The Hall–Kier alpha value is -1.84. The van der Waals surface area contributed by atoms with Crippen LogP contribution in [0, 0.1) is 5.82 Å². The monoisotopic (exact) mass is 320 g/mol. The smallest absolute Gasteiger partial charge is 0.125 e. The second-order valence-electron chi connectivity index (χ2n) is 4.63. The van der Waals surface area contributed by atoms with Crippen LogP contribution in [0.3, 0.4) is 0 Å². The van der Waals surface area contributed by atoms with Crippen molar-refractivity contribution in [3.8, 4) is 0 Å². The highest BCUT2D eigenvalue weighted by molar-refractivity contribution is 6.35. The molecule has 0 saturated carbocycles. The molecule has 106 valence electrons. The number of nitrogens with one attached hydrogen (secondary N) is 1. The molecule has 0 unspecified atom stereocenters. The second-order valence-corrected chi connectivity index (χ2v) is 5.47. The highest BCUT2D eigenvalue weighted by Crippen LogP contribution is 2.28. The van der Waals surface area contributed by atoms with Crippen LogP contribution >= 0.6 is 23.2 Å². The molecule has 2 aromatic carbocycles. The average molecular weight is 321 g/mol. The number of rotatable bonds is 3. The molecule has 0 aliphatic carbocycles. The van der Waals surface area contributed by atoms with Gasteiger partial charge in [-0.15, -0.1) is 0 Å². The third kappa shape index (κ3) is 3.09. The van der Waals surface area contributed by atoms with Crippen LogP contribution in [0.25, 0.3) is 10.9 Å². The lowest BCUT2D eigenvalue weighted by molar-refractivity contribution is 0.626. The van der Waals surface area contributed by atoms with Crippen molar-refractivity contribution in [3.05, 3.63) is 70.1 Å². The minimum Gasteiger partial charge on any atom is -0.379 e. The van der Waals surface area contributed by atoms with Crippen LogP contribution in [0.5, 0.6) is 0 Å².